The van der Waals surface area contributed by atoms with E-state index in [2.05, 4.69) is 0 Å². The lowest BCUT2D eigenvalue weighted by molar-refractivity contribution is -0.524. The third kappa shape index (κ3) is 4.72. The van der Waals surface area contributed by atoms with Crippen LogP contribution in [-0.2, 0) is 0 Å². The Morgan fingerprint density at radius 1 is 1.55 bits per heavy atom. The van der Waals surface area contributed by atoms with Gasteiger partial charge in [-0.15, -0.1) is 0 Å². The summed E-state index contributed by atoms with van der Waals surface area (Å²) >= 11 is 0. The molecule has 0 aliphatic heterocycles. The maximum atomic E-state index is 10.3. The van der Waals surface area contributed by atoms with E-state index in [9.17, 15) is 10.1 Å². The first kappa shape index (κ1) is 10.4. The van der Waals surface area contributed by atoms with Gasteiger partial charge in [0.05, 0.1) is 0 Å². The number of hydrogen-bond acceptors (Lipinski definition) is 3. The molecular formula is C7H15NO3. The highest BCUT2D eigenvalue weighted by Crippen LogP contribution is 2.07. The van der Waals surface area contributed by atoms with E-state index in [1.165, 1.54) is 0 Å². The Hall–Kier alpha value is -0.640. The van der Waals surface area contributed by atoms with E-state index in [0.29, 0.717) is 19.3 Å². The van der Waals surface area contributed by atoms with Gasteiger partial charge in [-0.1, -0.05) is 6.92 Å². The largest absolute Gasteiger partial charge is 0.396 e. The second-order valence-corrected chi connectivity index (χ2v) is 2.59. The zero-order chi connectivity index (χ0) is 8.69. The highest BCUT2D eigenvalue weighted by molar-refractivity contribution is 4.55. The zero-order valence-corrected chi connectivity index (χ0v) is 6.82. The fourth-order valence-electron chi connectivity index (χ4n) is 1.02. The Morgan fingerprint density at radius 3 is 2.55 bits per heavy atom. The van der Waals surface area contributed by atoms with Crippen LogP contribution < -0.4 is 0 Å². The summed E-state index contributed by atoms with van der Waals surface area (Å²) in [5.74, 6) is 0. The molecule has 4 nitrogen and oxygen atoms in total. The van der Waals surface area contributed by atoms with Crippen molar-refractivity contribution < 1.29 is 10.0 Å². The van der Waals surface area contributed by atoms with Crippen molar-refractivity contribution in [1.82, 2.24) is 0 Å². The molecule has 0 heterocycles. The van der Waals surface area contributed by atoms with E-state index >= 15 is 0 Å². The first-order valence-corrected chi connectivity index (χ1v) is 3.96. The van der Waals surface area contributed by atoms with Crippen LogP contribution in [0.15, 0.2) is 0 Å². The van der Waals surface area contributed by atoms with Crippen LogP contribution in [0, 0.1) is 10.1 Å². The van der Waals surface area contributed by atoms with Crippen molar-refractivity contribution in [2.45, 2.75) is 38.6 Å². The molecule has 66 valence electrons. The predicted molar refractivity (Wildman–Crippen MR) is 42.0 cm³/mol. The number of rotatable bonds is 6. The summed E-state index contributed by atoms with van der Waals surface area (Å²) in [6.45, 7) is 1.98. The van der Waals surface area contributed by atoms with Crippen LogP contribution in [0.25, 0.3) is 0 Å². The summed E-state index contributed by atoms with van der Waals surface area (Å²) in [5.41, 5.74) is 0. The van der Waals surface area contributed by atoms with Crippen LogP contribution >= 0.6 is 0 Å². The molecule has 0 amide bonds. The molecular weight excluding hydrogens is 146 g/mol. The van der Waals surface area contributed by atoms with E-state index in [1.54, 1.807) is 0 Å². The molecule has 0 bridgehead atoms. The van der Waals surface area contributed by atoms with Crippen LogP contribution in [0.3, 0.4) is 0 Å². The van der Waals surface area contributed by atoms with Gasteiger partial charge in [0.1, 0.15) is 0 Å². The lowest BCUT2D eigenvalue weighted by atomic mass is 10.1. The van der Waals surface area contributed by atoms with Gasteiger partial charge in [-0.25, -0.2) is 0 Å². The molecule has 0 aliphatic carbocycles. The average Bonchev–Trinajstić information content (AvgIpc) is 1.97. The second kappa shape index (κ2) is 6.09. The van der Waals surface area contributed by atoms with Crippen molar-refractivity contribution in [2.24, 2.45) is 0 Å². The van der Waals surface area contributed by atoms with Gasteiger partial charge in [0.25, 0.3) is 0 Å². The highest BCUT2D eigenvalue weighted by atomic mass is 16.6. The summed E-state index contributed by atoms with van der Waals surface area (Å²) in [7, 11) is 0. The van der Waals surface area contributed by atoms with E-state index in [4.69, 9.17) is 5.11 Å². The lowest BCUT2D eigenvalue weighted by Crippen LogP contribution is -2.19. The highest BCUT2D eigenvalue weighted by Gasteiger charge is 2.17. The molecule has 0 fully saturated rings. The van der Waals surface area contributed by atoms with Gasteiger partial charge < -0.3 is 5.11 Å². The van der Waals surface area contributed by atoms with Gasteiger partial charge >= 0.3 is 0 Å². The minimum Gasteiger partial charge on any atom is -0.396 e. The molecule has 0 rings (SSSR count). The quantitative estimate of drug-likeness (QED) is 0.470. The summed E-state index contributed by atoms with van der Waals surface area (Å²) in [4.78, 5) is 10.1. The third-order valence-electron chi connectivity index (χ3n) is 1.62. The Balaban J connectivity index is 3.60. The smallest absolute Gasteiger partial charge is 0.213 e. The van der Waals surface area contributed by atoms with Gasteiger partial charge in [-0.05, 0) is 12.8 Å². The average molecular weight is 161 g/mol. The summed E-state index contributed by atoms with van der Waals surface area (Å²) in [5, 5.41) is 18.8. The van der Waals surface area contributed by atoms with Gasteiger partial charge in [0.15, 0.2) is 0 Å². The molecule has 0 spiro atoms. The van der Waals surface area contributed by atoms with Gasteiger partial charge in [0, 0.05) is 24.4 Å². The van der Waals surface area contributed by atoms with Gasteiger partial charge in [-0.3, -0.25) is 10.1 Å². The van der Waals surface area contributed by atoms with E-state index < -0.39 is 6.04 Å². The fraction of sp³-hybridized carbons (Fsp3) is 1.00. The molecule has 0 saturated heterocycles. The first-order valence-electron chi connectivity index (χ1n) is 3.96. The monoisotopic (exact) mass is 161 g/mol. The molecule has 0 radical (unpaired) electrons. The minimum atomic E-state index is -0.452. The number of nitro groups is 1. The van der Waals surface area contributed by atoms with Crippen LogP contribution in [0.4, 0.5) is 0 Å². The number of aliphatic hydroxyl groups excluding tert-OH is 1. The van der Waals surface area contributed by atoms with Crippen LogP contribution in [0.5, 0.6) is 0 Å². The molecule has 0 aliphatic rings. The van der Waals surface area contributed by atoms with Gasteiger partial charge in [0.2, 0.25) is 6.04 Å². The SMILES string of the molecule is CCCC(CCCO)[N+](=O)[O-]. The van der Waals surface area contributed by atoms with Crippen molar-refractivity contribution in [3.63, 3.8) is 0 Å². The zero-order valence-electron chi connectivity index (χ0n) is 6.82. The summed E-state index contributed by atoms with van der Waals surface area (Å²) in [6, 6.07) is -0.452. The predicted octanol–water partition coefficient (Wildman–Crippen LogP) is 1.20. The van der Waals surface area contributed by atoms with Crippen molar-refractivity contribution in [1.29, 1.82) is 0 Å². The summed E-state index contributed by atoms with van der Waals surface area (Å²) < 4.78 is 0. The van der Waals surface area contributed by atoms with Crippen molar-refractivity contribution in [2.75, 3.05) is 6.61 Å². The molecule has 1 N–H and O–H groups in total. The van der Waals surface area contributed by atoms with E-state index in [-0.39, 0.29) is 11.5 Å². The van der Waals surface area contributed by atoms with E-state index in [0.717, 1.165) is 6.42 Å². The van der Waals surface area contributed by atoms with Gasteiger partial charge in [-0.2, -0.15) is 0 Å². The second-order valence-electron chi connectivity index (χ2n) is 2.59. The molecule has 0 aromatic carbocycles. The normalized spacial score (nSPS) is 12.9. The third-order valence-corrected chi connectivity index (χ3v) is 1.62. The number of nitrogens with zero attached hydrogens (tertiary/aromatic N) is 1. The maximum absolute atomic E-state index is 10.3. The van der Waals surface area contributed by atoms with Crippen LogP contribution in [0.2, 0.25) is 0 Å². The van der Waals surface area contributed by atoms with Crippen molar-refractivity contribution >= 4 is 0 Å². The maximum Gasteiger partial charge on any atom is 0.213 e. The number of hydrogen-bond donors (Lipinski definition) is 1. The topological polar surface area (TPSA) is 63.4 Å². The molecule has 0 aromatic rings. The van der Waals surface area contributed by atoms with Crippen LogP contribution in [-0.4, -0.2) is 22.7 Å². The Labute approximate surface area is 66.4 Å². The Bertz CT molecular complexity index is 116. The van der Waals surface area contributed by atoms with E-state index in [1.807, 2.05) is 6.92 Å². The molecule has 11 heavy (non-hydrogen) atoms. The minimum absolute atomic E-state index is 0.0497. The Morgan fingerprint density at radius 2 is 2.18 bits per heavy atom. The number of aliphatic hydroxyl groups is 1. The van der Waals surface area contributed by atoms with Crippen molar-refractivity contribution in [3.05, 3.63) is 10.1 Å². The molecule has 0 saturated carbocycles. The molecule has 1 atom stereocenters. The van der Waals surface area contributed by atoms with Crippen LogP contribution in [0.1, 0.15) is 32.6 Å². The summed E-state index contributed by atoms with van der Waals surface area (Å²) in [6.07, 6.45) is 2.48. The Kier molecular flexibility index (Phi) is 5.74. The lowest BCUT2D eigenvalue weighted by Gasteiger charge is -2.05. The van der Waals surface area contributed by atoms with Crippen molar-refractivity contribution in [3.8, 4) is 0 Å². The molecule has 1 unspecified atom stereocenters. The standard InChI is InChI=1S/C7H15NO3/c1-2-4-7(8(10)11)5-3-6-9/h7,9H,2-6H2,1H3. The fourth-order valence-corrected chi connectivity index (χ4v) is 1.02. The molecule has 0 aromatic heterocycles. The molecule has 4 heteroatoms. The first-order chi connectivity index (χ1) is 5.22.